The summed E-state index contributed by atoms with van der Waals surface area (Å²) in [6.07, 6.45) is 1.51. The Morgan fingerprint density at radius 3 is 2.43 bits per heavy atom. The molecule has 2 N–H and O–H groups in total. The lowest BCUT2D eigenvalue weighted by Gasteiger charge is -2.12. The number of rotatable bonds is 4. The zero-order chi connectivity index (χ0) is 10.6. The Bertz CT molecular complexity index is 338. The molecular formula is C9H10NO4. The standard InChI is InChI=1S/C9H10NO4/c1-13-8-6(10-5-11)3-4-7(12)9(8)14-2/h3-4,12H,1-2H3,(H,10,11). The number of hydrogen-bond acceptors (Lipinski definition) is 4. The number of methoxy groups -OCH3 is 2. The van der Waals surface area contributed by atoms with E-state index >= 15 is 0 Å². The van der Waals surface area contributed by atoms with Crippen molar-refractivity contribution in [2.24, 2.45) is 0 Å². The van der Waals surface area contributed by atoms with Gasteiger partial charge in [-0.2, -0.15) is 0 Å². The van der Waals surface area contributed by atoms with Crippen LogP contribution < -0.4 is 14.8 Å². The molecule has 0 spiro atoms. The SMILES string of the molecule is COc1c(O)ccc(N[C]=O)c1OC. The first-order valence-corrected chi connectivity index (χ1v) is 3.81. The van der Waals surface area contributed by atoms with E-state index in [1.54, 1.807) is 0 Å². The fourth-order valence-corrected chi connectivity index (χ4v) is 1.11. The summed E-state index contributed by atoms with van der Waals surface area (Å²) in [5.74, 6) is 0.379. The normalized spacial score (nSPS) is 9.29. The molecule has 0 aliphatic carbocycles. The fourth-order valence-electron chi connectivity index (χ4n) is 1.11. The van der Waals surface area contributed by atoms with E-state index in [2.05, 4.69) is 5.32 Å². The van der Waals surface area contributed by atoms with Gasteiger partial charge in [-0.25, -0.2) is 0 Å². The van der Waals surface area contributed by atoms with E-state index < -0.39 is 0 Å². The summed E-state index contributed by atoms with van der Waals surface area (Å²) in [6, 6.07) is 2.88. The van der Waals surface area contributed by atoms with Gasteiger partial charge in [0.05, 0.1) is 19.9 Å². The molecule has 0 aliphatic heterocycles. The Morgan fingerprint density at radius 2 is 1.93 bits per heavy atom. The zero-order valence-corrected chi connectivity index (χ0v) is 7.83. The van der Waals surface area contributed by atoms with Crippen LogP contribution in [-0.4, -0.2) is 25.7 Å². The highest BCUT2D eigenvalue weighted by Crippen LogP contribution is 2.41. The van der Waals surface area contributed by atoms with Gasteiger partial charge in [-0.1, -0.05) is 0 Å². The molecule has 14 heavy (non-hydrogen) atoms. The van der Waals surface area contributed by atoms with Crippen molar-refractivity contribution >= 4 is 12.1 Å². The first-order valence-electron chi connectivity index (χ1n) is 3.81. The Kier molecular flexibility index (Phi) is 3.17. The average molecular weight is 196 g/mol. The van der Waals surface area contributed by atoms with Crippen LogP contribution in [0.15, 0.2) is 12.1 Å². The number of carbonyl (C=O) groups excluding carboxylic acids is 1. The van der Waals surface area contributed by atoms with Gasteiger partial charge in [0.2, 0.25) is 5.75 Å². The predicted molar refractivity (Wildman–Crippen MR) is 50.5 cm³/mol. The summed E-state index contributed by atoms with van der Waals surface area (Å²) in [4.78, 5) is 10.1. The number of hydrogen-bond donors (Lipinski definition) is 2. The number of aromatic hydroxyl groups is 1. The van der Waals surface area contributed by atoms with E-state index in [1.807, 2.05) is 0 Å². The first kappa shape index (κ1) is 10.2. The van der Waals surface area contributed by atoms with Gasteiger partial charge < -0.3 is 19.9 Å². The lowest BCUT2D eigenvalue weighted by molar-refractivity contribution is 0.334. The molecule has 1 radical (unpaired) electrons. The molecule has 0 saturated heterocycles. The highest BCUT2D eigenvalue weighted by atomic mass is 16.5. The summed E-state index contributed by atoms with van der Waals surface area (Å²) >= 11 is 0. The van der Waals surface area contributed by atoms with Gasteiger partial charge in [0.15, 0.2) is 11.5 Å². The first-order chi connectivity index (χ1) is 6.74. The van der Waals surface area contributed by atoms with Crippen LogP contribution in [0.3, 0.4) is 0 Å². The Morgan fingerprint density at radius 1 is 1.29 bits per heavy atom. The summed E-state index contributed by atoms with van der Waals surface area (Å²) in [5, 5.41) is 11.7. The molecule has 0 aromatic heterocycles. The second-order valence-electron chi connectivity index (χ2n) is 2.43. The van der Waals surface area contributed by atoms with E-state index in [9.17, 15) is 9.90 Å². The minimum Gasteiger partial charge on any atom is -0.504 e. The highest BCUT2D eigenvalue weighted by Gasteiger charge is 2.13. The molecule has 1 aromatic rings. The van der Waals surface area contributed by atoms with Gasteiger partial charge in [0.25, 0.3) is 0 Å². The second kappa shape index (κ2) is 4.36. The van der Waals surface area contributed by atoms with Crippen molar-refractivity contribution in [1.82, 2.24) is 0 Å². The fraction of sp³-hybridized carbons (Fsp3) is 0.222. The van der Waals surface area contributed by atoms with Crippen LogP contribution in [0.2, 0.25) is 0 Å². The Balaban J connectivity index is 3.24. The summed E-state index contributed by atoms with van der Waals surface area (Å²) in [6.45, 7) is 0. The van der Waals surface area contributed by atoms with Gasteiger partial charge in [0, 0.05) is 0 Å². The van der Waals surface area contributed by atoms with Crippen molar-refractivity contribution in [3.05, 3.63) is 12.1 Å². The third kappa shape index (κ3) is 1.71. The molecule has 1 amide bonds. The van der Waals surface area contributed by atoms with Crippen molar-refractivity contribution in [2.75, 3.05) is 19.5 Å². The van der Waals surface area contributed by atoms with Crippen LogP contribution in [0.1, 0.15) is 0 Å². The van der Waals surface area contributed by atoms with Crippen molar-refractivity contribution in [3.63, 3.8) is 0 Å². The third-order valence-corrected chi connectivity index (χ3v) is 1.69. The van der Waals surface area contributed by atoms with Gasteiger partial charge in [-0.05, 0) is 12.1 Å². The van der Waals surface area contributed by atoms with Crippen molar-refractivity contribution in [2.45, 2.75) is 0 Å². The molecule has 1 aromatic carbocycles. The number of phenolic OH excluding ortho intramolecular Hbond substituents is 1. The van der Waals surface area contributed by atoms with Crippen LogP contribution in [0, 0.1) is 0 Å². The highest BCUT2D eigenvalue weighted by molar-refractivity contribution is 5.79. The summed E-state index contributed by atoms with van der Waals surface area (Å²) < 4.78 is 9.88. The minimum atomic E-state index is -0.0548. The number of anilines is 1. The van der Waals surface area contributed by atoms with E-state index in [0.717, 1.165) is 0 Å². The van der Waals surface area contributed by atoms with Gasteiger partial charge >= 0.3 is 6.41 Å². The van der Waals surface area contributed by atoms with Gasteiger partial charge in [-0.15, -0.1) is 0 Å². The maximum Gasteiger partial charge on any atom is 0.314 e. The van der Waals surface area contributed by atoms with Crippen molar-refractivity contribution < 1.29 is 19.4 Å². The molecule has 5 nitrogen and oxygen atoms in total. The topological polar surface area (TPSA) is 67.8 Å². The van der Waals surface area contributed by atoms with E-state index in [4.69, 9.17) is 9.47 Å². The average Bonchev–Trinajstić information content (AvgIpc) is 2.20. The molecule has 0 atom stereocenters. The number of ether oxygens (including phenoxy) is 2. The third-order valence-electron chi connectivity index (χ3n) is 1.69. The molecule has 1 rings (SSSR count). The minimum absolute atomic E-state index is 0.0548. The molecular weight excluding hydrogens is 186 g/mol. The predicted octanol–water partition coefficient (Wildman–Crippen LogP) is 0.888. The van der Waals surface area contributed by atoms with Crippen LogP contribution in [0.4, 0.5) is 5.69 Å². The molecule has 0 unspecified atom stereocenters. The van der Waals surface area contributed by atoms with E-state index in [-0.39, 0.29) is 17.2 Å². The summed E-state index contributed by atoms with van der Waals surface area (Å²) in [5.41, 5.74) is 0.386. The zero-order valence-electron chi connectivity index (χ0n) is 7.83. The second-order valence-corrected chi connectivity index (χ2v) is 2.43. The Labute approximate surface area is 81.3 Å². The maximum absolute atomic E-state index is 10.1. The summed E-state index contributed by atoms with van der Waals surface area (Å²) in [7, 11) is 2.80. The van der Waals surface area contributed by atoms with Crippen LogP contribution >= 0.6 is 0 Å². The largest absolute Gasteiger partial charge is 0.504 e. The molecule has 0 aliphatic rings. The van der Waals surface area contributed by atoms with E-state index in [1.165, 1.54) is 32.8 Å². The number of benzene rings is 1. The molecule has 5 heteroatoms. The van der Waals surface area contributed by atoms with Gasteiger partial charge in [0.1, 0.15) is 0 Å². The lowest BCUT2D eigenvalue weighted by atomic mass is 10.2. The van der Waals surface area contributed by atoms with Crippen molar-refractivity contribution in [1.29, 1.82) is 0 Å². The quantitative estimate of drug-likeness (QED) is 0.554. The Hall–Kier alpha value is -1.91. The van der Waals surface area contributed by atoms with Crippen molar-refractivity contribution in [3.8, 4) is 17.2 Å². The van der Waals surface area contributed by atoms with Gasteiger partial charge in [-0.3, -0.25) is 4.79 Å². The number of amides is 1. The monoisotopic (exact) mass is 196 g/mol. The number of nitrogens with one attached hydrogen (secondary N) is 1. The lowest BCUT2D eigenvalue weighted by Crippen LogP contribution is -1.99. The van der Waals surface area contributed by atoms with Crippen LogP contribution in [0.25, 0.3) is 0 Å². The number of phenols is 1. The molecule has 0 fully saturated rings. The molecule has 0 saturated carbocycles. The smallest absolute Gasteiger partial charge is 0.314 e. The van der Waals surface area contributed by atoms with Crippen LogP contribution in [-0.2, 0) is 4.79 Å². The molecule has 75 valence electrons. The van der Waals surface area contributed by atoms with E-state index in [0.29, 0.717) is 5.69 Å². The molecule has 0 heterocycles. The maximum atomic E-state index is 10.1. The molecule has 0 bridgehead atoms. The van der Waals surface area contributed by atoms with Crippen LogP contribution in [0.5, 0.6) is 17.2 Å².